The molecule has 3 rings (SSSR count). The predicted molar refractivity (Wildman–Crippen MR) is 73.7 cm³/mol. The molecule has 1 amide bonds. The van der Waals surface area contributed by atoms with Crippen LogP contribution in [0.4, 0.5) is 0 Å². The molecule has 1 aromatic heterocycles. The highest BCUT2D eigenvalue weighted by Crippen LogP contribution is 2.12. The highest BCUT2D eigenvalue weighted by atomic mass is 16.5. The first-order valence-corrected chi connectivity index (χ1v) is 6.81. The van der Waals surface area contributed by atoms with Crippen LogP contribution in [-0.4, -0.2) is 35.7 Å². The second kappa shape index (κ2) is 6.36. The van der Waals surface area contributed by atoms with Crippen molar-refractivity contribution in [3.63, 3.8) is 0 Å². The van der Waals surface area contributed by atoms with E-state index in [-0.39, 0.29) is 18.5 Å². The minimum atomic E-state index is -0.126. The molecule has 7 heteroatoms. The third-order valence-corrected chi connectivity index (χ3v) is 3.13. The average Bonchev–Trinajstić information content (AvgIpc) is 2.98. The molecular formula is C14H16N4O3. The number of benzene rings is 1. The molecule has 110 valence electrons. The van der Waals surface area contributed by atoms with Gasteiger partial charge in [0.05, 0.1) is 13.2 Å². The van der Waals surface area contributed by atoms with E-state index in [1.54, 1.807) is 0 Å². The molecule has 0 aliphatic carbocycles. The molecule has 0 radical (unpaired) electrons. The van der Waals surface area contributed by atoms with Crippen LogP contribution in [0.3, 0.4) is 0 Å². The lowest BCUT2D eigenvalue weighted by Gasteiger charge is -2.20. The molecular weight excluding hydrogens is 272 g/mol. The van der Waals surface area contributed by atoms with Crippen LogP contribution in [0.2, 0.25) is 0 Å². The molecule has 0 saturated carbocycles. The summed E-state index contributed by atoms with van der Waals surface area (Å²) in [6.45, 7) is 1.21. The van der Waals surface area contributed by atoms with E-state index in [1.807, 2.05) is 30.3 Å². The van der Waals surface area contributed by atoms with Crippen molar-refractivity contribution in [2.75, 3.05) is 19.7 Å². The third kappa shape index (κ3) is 3.57. The highest BCUT2D eigenvalue weighted by molar-refractivity contribution is 5.78. The molecule has 7 nitrogen and oxygen atoms in total. The van der Waals surface area contributed by atoms with Crippen LogP contribution < -0.4 is 15.4 Å². The van der Waals surface area contributed by atoms with E-state index in [9.17, 15) is 4.79 Å². The number of rotatable bonds is 5. The van der Waals surface area contributed by atoms with Gasteiger partial charge in [-0.25, -0.2) is 0 Å². The van der Waals surface area contributed by atoms with Crippen molar-refractivity contribution < 1.29 is 14.1 Å². The molecule has 1 aliphatic heterocycles. The summed E-state index contributed by atoms with van der Waals surface area (Å²) in [5.74, 6) is 1.88. The van der Waals surface area contributed by atoms with Crippen molar-refractivity contribution in [2.45, 2.75) is 12.5 Å². The monoisotopic (exact) mass is 288 g/mol. The van der Waals surface area contributed by atoms with Crippen molar-refractivity contribution in [1.82, 2.24) is 20.8 Å². The summed E-state index contributed by atoms with van der Waals surface area (Å²) in [7, 11) is 0. The Morgan fingerprint density at radius 2 is 2.19 bits per heavy atom. The fourth-order valence-electron chi connectivity index (χ4n) is 2.03. The smallest absolute Gasteiger partial charge is 0.245 e. The van der Waals surface area contributed by atoms with Gasteiger partial charge in [0, 0.05) is 13.0 Å². The summed E-state index contributed by atoms with van der Waals surface area (Å²) >= 11 is 0. The number of aromatic nitrogens is 2. The first-order valence-electron chi connectivity index (χ1n) is 6.81. The molecule has 1 fully saturated rings. The maximum atomic E-state index is 11.1. The van der Waals surface area contributed by atoms with E-state index in [1.165, 1.54) is 0 Å². The van der Waals surface area contributed by atoms with Gasteiger partial charge in [-0.1, -0.05) is 23.4 Å². The van der Waals surface area contributed by atoms with Crippen LogP contribution in [-0.2, 0) is 11.2 Å². The van der Waals surface area contributed by atoms with Crippen molar-refractivity contribution in [3.05, 3.63) is 42.0 Å². The summed E-state index contributed by atoms with van der Waals surface area (Å²) in [5.41, 5.74) is 0. The van der Waals surface area contributed by atoms with E-state index >= 15 is 0 Å². The second-order valence-corrected chi connectivity index (χ2v) is 4.70. The molecule has 2 heterocycles. The Hall–Kier alpha value is -2.41. The Morgan fingerprint density at radius 1 is 1.33 bits per heavy atom. The number of amides is 1. The van der Waals surface area contributed by atoms with Gasteiger partial charge in [-0.3, -0.25) is 10.1 Å². The molecule has 1 aliphatic rings. The van der Waals surface area contributed by atoms with Gasteiger partial charge < -0.3 is 14.6 Å². The maximum Gasteiger partial charge on any atom is 0.245 e. The number of carbonyl (C=O) groups is 1. The zero-order chi connectivity index (χ0) is 14.5. The lowest BCUT2D eigenvalue weighted by Crippen LogP contribution is -2.47. The van der Waals surface area contributed by atoms with Gasteiger partial charge in [-0.05, 0) is 12.1 Å². The molecule has 1 unspecified atom stereocenters. The van der Waals surface area contributed by atoms with E-state index < -0.39 is 0 Å². The maximum absolute atomic E-state index is 11.1. The number of carbonyl (C=O) groups excluding carboxylic acids is 1. The number of nitrogens with one attached hydrogen (secondary N) is 2. The minimum Gasteiger partial charge on any atom is -0.493 e. The van der Waals surface area contributed by atoms with Crippen LogP contribution in [0.25, 0.3) is 0 Å². The molecule has 1 atom stereocenters. The summed E-state index contributed by atoms with van der Waals surface area (Å²) in [6.07, 6.45) is 0.567. The van der Waals surface area contributed by atoms with E-state index in [0.717, 1.165) is 5.75 Å². The lowest BCUT2D eigenvalue weighted by molar-refractivity contribution is -0.121. The topological polar surface area (TPSA) is 89.3 Å². The third-order valence-electron chi connectivity index (χ3n) is 3.13. The first kappa shape index (κ1) is 13.6. The van der Waals surface area contributed by atoms with Gasteiger partial charge in [0.15, 0.2) is 5.82 Å². The van der Waals surface area contributed by atoms with E-state index in [4.69, 9.17) is 9.26 Å². The largest absolute Gasteiger partial charge is 0.493 e. The van der Waals surface area contributed by atoms with Gasteiger partial charge in [0.1, 0.15) is 11.8 Å². The standard InChI is InChI=1S/C14H16N4O3/c19-13-9-15-11(8-16-13)14-17-12(18-21-14)6-7-20-10-4-2-1-3-5-10/h1-5,11,15H,6-9H2,(H,16,19). The van der Waals surface area contributed by atoms with Gasteiger partial charge >= 0.3 is 0 Å². The number of nitrogens with zero attached hydrogens (tertiary/aromatic N) is 2. The van der Waals surface area contributed by atoms with Crippen molar-refractivity contribution in [1.29, 1.82) is 0 Å². The molecule has 21 heavy (non-hydrogen) atoms. The SMILES string of the molecule is O=C1CNC(c2nc(CCOc3ccccc3)no2)CN1. The van der Waals surface area contributed by atoms with Crippen molar-refractivity contribution in [3.8, 4) is 5.75 Å². The predicted octanol–water partition coefficient (Wildman–Crippen LogP) is 0.452. The molecule has 0 spiro atoms. The van der Waals surface area contributed by atoms with Crippen LogP contribution in [0.1, 0.15) is 17.8 Å². The summed E-state index contributed by atoms with van der Waals surface area (Å²) in [6, 6.07) is 9.45. The Balaban J connectivity index is 1.50. The Kier molecular flexibility index (Phi) is 4.11. The Bertz CT molecular complexity index is 589. The zero-order valence-corrected chi connectivity index (χ0v) is 11.4. The van der Waals surface area contributed by atoms with Gasteiger partial charge in [0.2, 0.25) is 11.8 Å². The normalized spacial score (nSPS) is 18.3. The number of hydrogen-bond donors (Lipinski definition) is 2. The second-order valence-electron chi connectivity index (χ2n) is 4.70. The first-order chi connectivity index (χ1) is 10.3. The van der Waals surface area contributed by atoms with Crippen LogP contribution in [0.15, 0.2) is 34.9 Å². The van der Waals surface area contributed by atoms with E-state index in [2.05, 4.69) is 20.8 Å². The number of para-hydroxylation sites is 1. The molecule has 0 bridgehead atoms. The van der Waals surface area contributed by atoms with Crippen molar-refractivity contribution >= 4 is 5.91 Å². The molecule has 1 saturated heterocycles. The van der Waals surface area contributed by atoms with Gasteiger partial charge in [0.25, 0.3) is 0 Å². The molecule has 2 aromatic rings. The average molecular weight is 288 g/mol. The fourth-order valence-corrected chi connectivity index (χ4v) is 2.03. The van der Waals surface area contributed by atoms with Crippen molar-refractivity contribution in [2.24, 2.45) is 0 Å². The molecule has 1 aromatic carbocycles. The Morgan fingerprint density at radius 3 is 2.95 bits per heavy atom. The van der Waals surface area contributed by atoms with Crippen LogP contribution >= 0.6 is 0 Å². The summed E-state index contributed by atoms with van der Waals surface area (Å²) in [4.78, 5) is 15.4. The van der Waals surface area contributed by atoms with Gasteiger partial charge in [-0.15, -0.1) is 0 Å². The summed E-state index contributed by atoms with van der Waals surface area (Å²) in [5, 5.41) is 9.71. The summed E-state index contributed by atoms with van der Waals surface area (Å²) < 4.78 is 10.8. The fraction of sp³-hybridized carbons (Fsp3) is 0.357. The quantitative estimate of drug-likeness (QED) is 0.830. The highest BCUT2D eigenvalue weighted by Gasteiger charge is 2.23. The Labute approximate surface area is 121 Å². The van der Waals surface area contributed by atoms with Gasteiger partial charge in [-0.2, -0.15) is 4.98 Å². The number of piperazine rings is 1. The minimum absolute atomic E-state index is 0.0257. The van der Waals surface area contributed by atoms with E-state index in [0.29, 0.717) is 31.3 Å². The van der Waals surface area contributed by atoms with Crippen LogP contribution in [0.5, 0.6) is 5.75 Å². The van der Waals surface area contributed by atoms with Crippen LogP contribution in [0, 0.1) is 0 Å². The number of hydrogen-bond acceptors (Lipinski definition) is 6. The lowest BCUT2D eigenvalue weighted by atomic mass is 10.2. The number of ether oxygens (including phenoxy) is 1. The zero-order valence-electron chi connectivity index (χ0n) is 11.4. The molecule has 2 N–H and O–H groups in total.